The molecule has 1 aromatic rings. The van der Waals surface area contributed by atoms with E-state index in [2.05, 4.69) is 10.2 Å². The third-order valence-electron chi connectivity index (χ3n) is 7.02. The molecule has 4 rings (SSSR count). The SMILES string of the molecule is O=C(O)C[C@@H]1CCCN(c2ccc(C(=O)NC3CCCCC3)c(OCC3CCC3)n2)C1. The number of ether oxygens (including phenoxy) is 1. The molecular formula is C24H35N3O4. The number of carbonyl (C=O) groups excluding carboxylic acids is 1. The predicted molar refractivity (Wildman–Crippen MR) is 119 cm³/mol. The first-order valence-electron chi connectivity index (χ1n) is 12.0. The van der Waals surface area contributed by atoms with Crippen LogP contribution in [0.2, 0.25) is 0 Å². The highest BCUT2D eigenvalue weighted by Gasteiger charge is 2.26. The van der Waals surface area contributed by atoms with Crippen molar-refractivity contribution < 1.29 is 19.4 Å². The first kappa shape index (κ1) is 21.9. The van der Waals surface area contributed by atoms with E-state index in [1.165, 1.54) is 38.5 Å². The maximum atomic E-state index is 13.0. The van der Waals surface area contributed by atoms with Crippen LogP contribution in [0.3, 0.4) is 0 Å². The Morgan fingerprint density at radius 2 is 1.81 bits per heavy atom. The van der Waals surface area contributed by atoms with Crippen LogP contribution in [0.5, 0.6) is 5.88 Å². The standard InChI is InChI=1S/C24H35N3O4/c28-22(29)14-18-8-5-13-27(15-18)21-12-11-20(23(30)25-19-9-2-1-3-10-19)24(26-21)31-16-17-6-4-7-17/h11-12,17-19H,1-10,13-16H2,(H,25,30)(H,28,29)/t18-/m0/s1. The molecule has 1 atom stereocenters. The number of carboxylic acids is 1. The molecule has 0 bridgehead atoms. The zero-order valence-electron chi connectivity index (χ0n) is 18.4. The molecule has 0 unspecified atom stereocenters. The number of carbonyl (C=O) groups is 2. The van der Waals surface area contributed by atoms with Gasteiger partial charge >= 0.3 is 5.97 Å². The minimum absolute atomic E-state index is 0.100. The van der Waals surface area contributed by atoms with E-state index in [4.69, 9.17) is 14.8 Å². The number of hydrogen-bond donors (Lipinski definition) is 2. The van der Waals surface area contributed by atoms with Crippen molar-refractivity contribution in [1.29, 1.82) is 0 Å². The number of piperidine rings is 1. The summed E-state index contributed by atoms with van der Waals surface area (Å²) in [5, 5.41) is 12.3. The molecule has 2 saturated carbocycles. The van der Waals surface area contributed by atoms with Gasteiger partial charge in [-0.15, -0.1) is 0 Å². The lowest BCUT2D eigenvalue weighted by atomic mass is 9.86. The topological polar surface area (TPSA) is 91.8 Å². The van der Waals surface area contributed by atoms with E-state index in [0.29, 0.717) is 30.5 Å². The van der Waals surface area contributed by atoms with Crippen molar-refractivity contribution >= 4 is 17.7 Å². The Kier molecular flexibility index (Phi) is 7.30. The number of nitrogens with one attached hydrogen (secondary N) is 1. The molecule has 0 aromatic carbocycles. The van der Waals surface area contributed by atoms with Crippen molar-refractivity contribution in [2.45, 2.75) is 76.7 Å². The van der Waals surface area contributed by atoms with Gasteiger partial charge in [0.1, 0.15) is 11.4 Å². The number of carboxylic acid groups (broad SMARTS) is 1. The van der Waals surface area contributed by atoms with E-state index in [9.17, 15) is 9.59 Å². The van der Waals surface area contributed by atoms with Gasteiger partial charge in [0.15, 0.2) is 0 Å². The highest BCUT2D eigenvalue weighted by atomic mass is 16.5. The molecule has 0 spiro atoms. The lowest BCUT2D eigenvalue weighted by Crippen LogP contribution is -2.38. The average molecular weight is 430 g/mol. The monoisotopic (exact) mass is 429 g/mol. The number of pyridine rings is 1. The fourth-order valence-electron chi connectivity index (χ4n) is 4.94. The third-order valence-corrected chi connectivity index (χ3v) is 7.02. The van der Waals surface area contributed by atoms with Crippen LogP contribution in [0.1, 0.15) is 81.0 Å². The van der Waals surface area contributed by atoms with Crippen LogP contribution in [-0.4, -0.2) is 47.7 Å². The summed E-state index contributed by atoms with van der Waals surface area (Å²) in [6.07, 6.45) is 11.3. The number of aliphatic carboxylic acids is 1. The summed E-state index contributed by atoms with van der Waals surface area (Å²) in [4.78, 5) is 31.0. The molecule has 2 aliphatic carbocycles. The van der Waals surface area contributed by atoms with Crippen LogP contribution < -0.4 is 15.0 Å². The second kappa shape index (κ2) is 10.3. The van der Waals surface area contributed by atoms with Gasteiger partial charge in [-0.25, -0.2) is 0 Å². The van der Waals surface area contributed by atoms with E-state index in [-0.39, 0.29) is 24.3 Å². The Hall–Kier alpha value is -2.31. The largest absolute Gasteiger partial charge is 0.481 e. The molecule has 3 aliphatic rings. The second-order valence-corrected chi connectivity index (χ2v) is 9.49. The maximum absolute atomic E-state index is 13.0. The van der Waals surface area contributed by atoms with E-state index in [1.54, 1.807) is 0 Å². The zero-order valence-corrected chi connectivity index (χ0v) is 18.4. The van der Waals surface area contributed by atoms with Gasteiger partial charge in [0.05, 0.1) is 6.61 Å². The van der Waals surface area contributed by atoms with Gasteiger partial charge in [-0.1, -0.05) is 25.7 Å². The lowest BCUT2D eigenvalue weighted by molar-refractivity contribution is -0.138. The highest BCUT2D eigenvalue weighted by molar-refractivity contribution is 5.96. The smallest absolute Gasteiger partial charge is 0.303 e. The van der Waals surface area contributed by atoms with Gasteiger partial charge in [-0.3, -0.25) is 9.59 Å². The van der Waals surface area contributed by atoms with Gasteiger partial charge in [0.25, 0.3) is 5.91 Å². The molecule has 7 heteroatoms. The molecule has 3 fully saturated rings. The summed E-state index contributed by atoms with van der Waals surface area (Å²) < 4.78 is 6.08. The number of amides is 1. The van der Waals surface area contributed by atoms with Gasteiger partial charge in [0.2, 0.25) is 5.88 Å². The summed E-state index contributed by atoms with van der Waals surface area (Å²) in [6, 6.07) is 3.95. The van der Waals surface area contributed by atoms with E-state index >= 15 is 0 Å². The Balaban J connectivity index is 1.49. The van der Waals surface area contributed by atoms with Crippen molar-refractivity contribution in [3.8, 4) is 5.88 Å². The number of anilines is 1. The van der Waals surface area contributed by atoms with Crippen LogP contribution >= 0.6 is 0 Å². The summed E-state index contributed by atoms with van der Waals surface area (Å²) in [5.41, 5.74) is 0.507. The molecular weight excluding hydrogens is 394 g/mol. The molecule has 7 nitrogen and oxygen atoms in total. The van der Waals surface area contributed by atoms with Gasteiger partial charge in [-0.2, -0.15) is 4.98 Å². The van der Waals surface area contributed by atoms with Crippen LogP contribution in [0.15, 0.2) is 12.1 Å². The highest BCUT2D eigenvalue weighted by Crippen LogP contribution is 2.30. The van der Waals surface area contributed by atoms with Gasteiger partial charge in [-0.05, 0) is 62.5 Å². The minimum Gasteiger partial charge on any atom is -0.481 e. The van der Waals surface area contributed by atoms with Crippen molar-refractivity contribution in [2.24, 2.45) is 11.8 Å². The molecule has 31 heavy (non-hydrogen) atoms. The second-order valence-electron chi connectivity index (χ2n) is 9.49. The van der Waals surface area contributed by atoms with Crippen molar-refractivity contribution in [1.82, 2.24) is 10.3 Å². The average Bonchev–Trinajstić information content (AvgIpc) is 2.73. The van der Waals surface area contributed by atoms with E-state index in [0.717, 1.165) is 38.0 Å². The van der Waals surface area contributed by atoms with Crippen LogP contribution in [-0.2, 0) is 4.79 Å². The summed E-state index contributed by atoms with van der Waals surface area (Å²) in [5.74, 6) is 1.01. The third kappa shape index (κ3) is 5.89. The molecule has 1 saturated heterocycles. The maximum Gasteiger partial charge on any atom is 0.303 e. The van der Waals surface area contributed by atoms with Gasteiger partial charge in [0, 0.05) is 25.6 Å². The first-order chi connectivity index (χ1) is 15.1. The molecule has 1 aliphatic heterocycles. The summed E-state index contributed by atoms with van der Waals surface area (Å²) in [7, 11) is 0. The van der Waals surface area contributed by atoms with Crippen LogP contribution in [0, 0.1) is 11.8 Å². The van der Waals surface area contributed by atoms with E-state index < -0.39 is 5.97 Å². The van der Waals surface area contributed by atoms with Crippen molar-refractivity contribution in [3.05, 3.63) is 17.7 Å². The molecule has 2 N–H and O–H groups in total. The molecule has 1 aromatic heterocycles. The normalized spacial score (nSPS) is 22.6. The first-order valence-corrected chi connectivity index (χ1v) is 12.0. The fourth-order valence-corrected chi connectivity index (χ4v) is 4.94. The Morgan fingerprint density at radius 1 is 1.03 bits per heavy atom. The summed E-state index contributed by atoms with van der Waals surface area (Å²) in [6.45, 7) is 2.12. The number of aromatic nitrogens is 1. The molecule has 1 amide bonds. The number of hydrogen-bond acceptors (Lipinski definition) is 5. The molecule has 0 radical (unpaired) electrons. The lowest BCUT2D eigenvalue weighted by Gasteiger charge is -2.33. The quantitative estimate of drug-likeness (QED) is 0.649. The number of nitrogens with zero attached hydrogens (tertiary/aromatic N) is 2. The van der Waals surface area contributed by atoms with Gasteiger partial charge < -0.3 is 20.1 Å². The Labute approximate surface area is 184 Å². The molecule has 2 heterocycles. The number of rotatable bonds is 8. The minimum atomic E-state index is -0.751. The Bertz CT molecular complexity index is 774. The van der Waals surface area contributed by atoms with Crippen LogP contribution in [0.25, 0.3) is 0 Å². The summed E-state index contributed by atoms with van der Waals surface area (Å²) >= 11 is 0. The van der Waals surface area contributed by atoms with E-state index in [1.807, 2.05) is 12.1 Å². The fraction of sp³-hybridized carbons (Fsp3) is 0.708. The van der Waals surface area contributed by atoms with Crippen LogP contribution in [0.4, 0.5) is 5.82 Å². The van der Waals surface area contributed by atoms with Crippen molar-refractivity contribution in [3.63, 3.8) is 0 Å². The Morgan fingerprint density at radius 3 is 2.52 bits per heavy atom. The van der Waals surface area contributed by atoms with Crippen molar-refractivity contribution in [2.75, 3.05) is 24.6 Å². The zero-order chi connectivity index (χ0) is 21.6. The molecule has 170 valence electrons. The predicted octanol–water partition coefficient (Wildman–Crippen LogP) is 4.01.